The summed E-state index contributed by atoms with van der Waals surface area (Å²) in [5.41, 5.74) is 1.18. The number of hydrogen-bond acceptors (Lipinski definition) is 5. The summed E-state index contributed by atoms with van der Waals surface area (Å²) in [7, 11) is 0. The molecular formula is C21H17Cl2N3O4. The molecule has 1 saturated heterocycles. The van der Waals surface area contributed by atoms with E-state index in [4.69, 9.17) is 27.6 Å². The third-order valence-corrected chi connectivity index (χ3v) is 5.55. The van der Waals surface area contributed by atoms with Crippen molar-refractivity contribution < 1.29 is 14.1 Å². The Kier molecular flexibility index (Phi) is 5.65. The second-order valence-corrected chi connectivity index (χ2v) is 7.66. The Morgan fingerprint density at radius 2 is 1.67 bits per heavy atom. The molecule has 1 amide bonds. The molecule has 0 unspecified atom stereocenters. The van der Waals surface area contributed by atoms with Crippen molar-refractivity contribution in [2.45, 2.75) is 0 Å². The van der Waals surface area contributed by atoms with Crippen molar-refractivity contribution in [2.75, 3.05) is 31.1 Å². The number of carbonyl (C=O) groups is 1. The molecule has 2 aromatic carbocycles. The quantitative estimate of drug-likeness (QED) is 0.410. The first-order valence-corrected chi connectivity index (χ1v) is 10.0. The number of rotatable bonds is 4. The first-order chi connectivity index (χ1) is 14.4. The number of piperazine rings is 1. The van der Waals surface area contributed by atoms with Gasteiger partial charge < -0.3 is 14.2 Å². The third-order valence-electron chi connectivity index (χ3n) is 4.99. The average molecular weight is 446 g/mol. The fourth-order valence-corrected chi connectivity index (χ4v) is 3.89. The Hall–Kier alpha value is -3.03. The molecule has 1 aliphatic heterocycles. The summed E-state index contributed by atoms with van der Waals surface area (Å²) in [6.07, 6.45) is 0. The zero-order chi connectivity index (χ0) is 21.3. The molecular weight excluding hydrogens is 429 g/mol. The van der Waals surface area contributed by atoms with Crippen LogP contribution < -0.4 is 4.90 Å². The summed E-state index contributed by atoms with van der Waals surface area (Å²) in [5.74, 6) is 0.612. The van der Waals surface area contributed by atoms with Gasteiger partial charge in [-0.2, -0.15) is 0 Å². The van der Waals surface area contributed by atoms with Gasteiger partial charge in [0.2, 0.25) is 0 Å². The van der Waals surface area contributed by atoms with Gasteiger partial charge in [0.05, 0.1) is 9.95 Å². The fraction of sp³-hybridized carbons (Fsp3) is 0.190. The summed E-state index contributed by atoms with van der Waals surface area (Å²) < 4.78 is 5.75. The maximum Gasteiger partial charge on any atom is 0.294 e. The van der Waals surface area contributed by atoms with E-state index in [0.29, 0.717) is 47.7 Å². The number of amides is 1. The molecule has 4 rings (SSSR count). The van der Waals surface area contributed by atoms with Crippen molar-refractivity contribution in [1.29, 1.82) is 0 Å². The largest absolute Gasteiger partial charge is 0.451 e. The second kappa shape index (κ2) is 8.38. The third kappa shape index (κ3) is 3.99. The van der Waals surface area contributed by atoms with Crippen LogP contribution in [-0.2, 0) is 0 Å². The predicted octanol–water partition coefficient (Wildman–Crippen LogP) is 5.12. The minimum Gasteiger partial charge on any atom is -0.451 e. The van der Waals surface area contributed by atoms with Crippen molar-refractivity contribution in [3.05, 3.63) is 80.5 Å². The summed E-state index contributed by atoms with van der Waals surface area (Å²) >= 11 is 12.1. The van der Waals surface area contributed by atoms with Crippen LogP contribution in [0.1, 0.15) is 10.6 Å². The highest BCUT2D eigenvalue weighted by Crippen LogP contribution is 2.36. The Morgan fingerprint density at radius 1 is 0.967 bits per heavy atom. The van der Waals surface area contributed by atoms with E-state index < -0.39 is 4.92 Å². The SMILES string of the molecule is O=C(c1ccc(-c2ccc(Cl)cc2)o1)N1CCN(c2c(Cl)cccc2[N+](=O)[O-])CC1. The minimum atomic E-state index is -0.445. The molecule has 1 fully saturated rings. The number of nitrogens with zero attached hydrogens (tertiary/aromatic N) is 3. The van der Waals surface area contributed by atoms with Gasteiger partial charge in [-0.05, 0) is 42.5 Å². The molecule has 154 valence electrons. The smallest absolute Gasteiger partial charge is 0.294 e. The molecule has 0 bridgehead atoms. The monoisotopic (exact) mass is 445 g/mol. The van der Waals surface area contributed by atoms with E-state index in [0.717, 1.165) is 5.56 Å². The van der Waals surface area contributed by atoms with Crippen molar-refractivity contribution >= 4 is 40.5 Å². The summed E-state index contributed by atoms with van der Waals surface area (Å²) in [4.78, 5) is 27.3. The van der Waals surface area contributed by atoms with E-state index in [1.807, 2.05) is 17.0 Å². The number of anilines is 1. The van der Waals surface area contributed by atoms with Crippen LogP contribution in [0.25, 0.3) is 11.3 Å². The lowest BCUT2D eigenvalue weighted by atomic mass is 10.2. The summed E-state index contributed by atoms with van der Waals surface area (Å²) in [6.45, 7) is 1.67. The Balaban J connectivity index is 1.46. The number of furan rings is 1. The van der Waals surface area contributed by atoms with E-state index in [1.54, 1.807) is 41.3 Å². The normalized spacial score (nSPS) is 14.1. The van der Waals surface area contributed by atoms with Crippen LogP contribution in [0.4, 0.5) is 11.4 Å². The topological polar surface area (TPSA) is 79.8 Å². The summed E-state index contributed by atoms with van der Waals surface area (Å²) in [6, 6.07) is 15.2. The zero-order valence-electron chi connectivity index (χ0n) is 15.8. The molecule has 1 aliphatic rings. The van der Waals surface area contributed by atoms with Crippen LogP contribution in [0, 0.1) is 10.1 Å². The highest BCUT2D eigenvalue weighted by Gasteiger charge is 2.29. The molecule has 0 saturated carbocycles. The zero-order valence-corrected chi connectivity index (χ0v) is 17.3. The number of para-hydroxylation sites is 1. The first-order valence-electron chi connectivity index (χ1n) is 9.27. The van der Waals surface area contributed by atoms with Crippen molar-refractivity contribution in [1.82, 2.24) is 4.90 Å². The van der Waals surface area contributed by atoms with Gasteiger partial charge in [-0.25, -0.2) is 0 Å². The van der Waals surface area contributed by atoms with Gasteiger partial charge in [0.1, 0.15) is 11.4 Å². The van der Waals surface area contributed by atoms with Crippen LogP contribution in [0.2, 0.25) is 10.0 Å². The number of halogens is 2. The van der Waals surface area contributed by atoms with Gasteiger partial charge in [-0.15, -0.1) is 0 Å². The lowest BCUT2D eigenvalue weighted by Crippen LogP contribution is -2.49. The highest BCUT2D eigenvalue weighted by molar-refractivity contribution is 6.33. The van der Waals surface area contributed by atoms with Crippen molar-refractivity contribution in [3.63, 3.8) is 0 Å². The first kappa shape index (κ1) is 20.3. The van der Waals surface area contributed by atoms with Gasteiger partial charge in [0, 0.05) is 42.8 Å². The van der Waals surface area contributed by atoms with Gasteiger partial charge >= 0.3 is 0 Å². The maximum absolute atomic E-state index is 12.8. The number of nitro groups is 1. The van der Waals surface area contributed by atoms with E-state index in [-0.39, 0.29) is 17.4 Å². The molecule has 0 N–H and O–H groups in total. The van der Waals surface area contributed by atoms with Gasteiger partial charge in [0.25, 0.3) is 11.6 Å². The number of hydrogen-bond donors (Lipinski definition) is 0. The van der Waals surface area contributed by atoms with Crippen LogP contribution >= 0.6 is 23.2 Å². The molecule has 0 atom stereocenters. The Morgan fingerprint density at radius 3 is 2.33 bits per heavy atom. The lowest BCUT2D eigenvalue weighted by molar-refractivity contribution is -0.384. The fourth-order valence-electron chi connectivity index (χ4n) is 3.48. The Labute approximate surface area is 182 Å². The van der Waals surface area contributed by atoms with E-state index >= 15 is 0 Å². The molecule has 0 aliphatic carbocycles. The number of nitro benzene ring substituents is 1. The average Bonchev–Trinajstić information content (AvgIpc) is 3.24. The van der Waals surface area contributed by atoms with Crippen LogP contribution in [0.5, 0.6) is 0 Å². The van der Waals surface area contributed by atoms with Gasteiger partial charge in [-0.3, -0.25) is 14.9 Å². The van der Waals surface area contributed by atoms with Crippen molar-refractivity contribution in [3.8, 4) is 11.3 Å². The van der Waals surface area contributed by atoms with Gasteiger partial charge in [-0.1, -0.05) is 29.3 Å². The molecule has 2 heterocycles. The molecule has 0 radical (unpaired) electrons. The lowest BCUT2D eigenvalue weighted by Gasteiger charge is -2.35. The molecule has 30 heavy (non-hydrogen) atoms. The standard InChI is InChI=1S/C21H17Cl2N3O4/c22-15-6-4-14(5-7-15)18-8-9-19(30-18)21(27)25-12-10-24(11-13-25)20-16(23)2-1-3-17(20)26(28)29/h1-9H,10-13H2. The maximum atomic E-state index is 12.8. The predicted molar refractivity (Wildman–Crippen MR) is 115 cm³/mol. The molecule has 3 aromatic rings. The second-order valence-electron chi connectivity index (χ2n) is 6.81. The highest BCUT2D eigenvalue weighted by atomic mass is 35.5. The van der Waals surface area contributed by atoms with E-state index in [1.165, 1.54) is 6.07 Å². The minimum absolute atomic E-state index is 0.0408. The molecule has 0 spiro atoms. The number of carbonyl (C=O) groups excluding carboxylic acids is 1. The Bertz CT molecular complexity index is 1090. The summed E-state index contributed by atoms with van der Waals surface area (Å²) in [5, 5.41) is 12.3. The van der Waals surface area contributed by atoms with E-state index in [2.05, 4.69) is 0 Å². The van der Waals surface area contributed by atoms with Crippen molar-refractivity contribution in [2.24, 2.45) is 0 Å². The van der Waals surface area contributed by atoms with E-state index in [9.17, 15) is 14.9 Å². The van der Waals surface area contributed by atoms with Gasteiger partial charge in [0.15, 0.2) is 5.76 Å². The number of benzene rings is 2. The van der Waals surface area contributed by atoms with Crippen LogP contribution in [0.15, 0.2) is 59.0 Å². The van der Waals surface area contributed by atoms with Crippen LogP contribution in [0.3, 0.4) is 0 Å². The molecule has 1 aromatic heterocycles. The van der Waals surface area contributed by atoms with Crippen LogP contribution in [-0.4, -0.2) is 41.9 Å². The molecule has 7 nitrogen and oxygen atoms in total. The molecule has 9 heteroatoms.